The van der Waals surface area contributed by atoms with E-state index in [2.05, 4.69) is 67.7 Å². The predicted molar refractivity (Wildman–Crippen MR) is 117 cm³/mol. The van der Waals surface area contributed by atoms with Crippen molar-refractivity contribution >= 4 is 16.7 Å². The first kappa shape index (κ1) is 19.5. The lowest BCUT2D eigenvalue weighted by Gasteiger charge is -2.36. The first-order chi connectivity index (χ1) is 14.2. The summed E-state index contributed by atoms with van der Waals surface area (Å²) in [4.78, 5) is 9.26. The summed E-state index contributed by atoms with van der Waals surface area (Å²) in [5, 5.41) is 10.3. The maximum Gasteiger partial charge on any atom is 0.193 e. The van der Waals surface area contributed by atoms with Crippen molar-refractivity contribution in [2.45, 2.75) is 19.9 Å². The van der Waals surface area contributed by atoms with Crippen molar-refractivity contribution in [3.8, 4) is 0 Å². The molecule has 6 nitrogen and oxygen atoms in total. The van der Waals surface area contributed by atoms with Crippen molar-refractivity contribution in [2.24, 2.45) is 4.99 Å². The Hall–Kier alpha value is -2.86. The highest BCUT2D eigenvalue weighted by Gasteiger charge is 2.20. The van der Waals surface area contributed by atoms with E-state index in [9.17, 15) is 0 Å². The van der Waals surface area contributed by atoms with Crippen molar-refractivity contribution in [1.29, 1.82) is 0 Å². The minimum absolute atomic E-state index is 0.846. The Morgan fingerprint density at radius 1 is 1.10 bits per heavy atom. The molecule has 0 spiro atoms. The molecule has 3 aromatic rings. The molecule has 2 heterocycles. The lowest BCUT2D eigenvalue weighted by atomic mass is 10.0. The summed E-state index contributed by atoms with van der Waals surface area (Å²) in [6.45, 7) is 7.57. The molecule has 0 unspecified atom stereocenters. The maximum atomic E-state index is 5.17. The van der Waals surface area contributed by atoms with E-state index in [1.807, 2.05) is 20.0 Å². The molecule has 152 valence electrons. The van der Waals surface area contributed by atoms with E-state index >= 15 is 0 Å². The Bertz CT molecular complexity index is 967. The zero-order valence-electron chi connectivity index (χ0n) is 17.3. The summed E-state index contributed by atoms with van der Waals surface area (Å²) in [6, 6.07) is 17.1. The second kappa shape index (κ2) is 9.09. The van der Waals surface area contributed by atoms with Gasteiger partial charge in [0.05, 0.1) is 5.69 Å². The van der Waals surface area contributed by atoms with Crippen LogP contribution in [0.25, 0.3) is 10.8 Å². The Labute approximate surface area is 172 Å². The van der Waals surface area contributed by atoms with E-state index in [0.29, 0.717) is 0 Å². The summed E-state index contributed by atoms with van der Waals surface area (Å²) < 4.78 is 5.17. The average Bonchev–Trinajstić information content (AvgIpc) is 3.16. The van der Waals surface area contributed by atoms with Gasteiger partial charge in [0.1, 0.15) is 5.76 Å². The highest BCUT2D eigenvalue weighted by molar-refractivity contribution is 5.85. The van der Waals surface area contributed by atoms with Crippen LogP contribution in [-0.4, -0.2) is 60.7 Å². The lowest BCUT2D eigenvalue weighted by Crippen LogP contribution is -2.52. The number of piperazine rings is 1. The van der Waals surface area contributed by atoms with Gasteiger partial charge in [-0.25, -0.2) is 0 Å². The molecule has 0 saturated carbocycles. The number of guanidine groups is 1. The van der Waals surface area contributed by atoms with Gasteiger partial charge in [-0.15, -0.1) is 0 Å². The highest BCUT2D eigenvalue weighted by atomic mass is 16.5. The molecular formula is C23H29N5O. The van der Waals surface area contributed by atoms with Crippen molar-refractivity contribution in [3.63, 3.8) is 0 Å². The van der Waals surface area contributed by atoms with Gasteiger partial charge in [0.25, 0.3) is 0 Å². The summed E-state index contributed by atoms with van der Waals surface area (Å²) >= 11 is 0. The number of rotatable bonds is 5. The molecular weight excluding hydrogens is 362 g/mol. The van der Waals surface area contributed by atoms with Gasteiger partial charge in [0.15, 0.2) is 5.96 Å². The average molecular weight is 392 g/mol. The smallest absolute Gasteiger partial charge is 0.193 e. The Kier molecular flexibility index (Phi) is 6.10. The summed E-state index contributed by atoms with van der Waals surface area (Å²) in [5.41, 5.74) is 2.38. The Morgan fingerprint density at radius 2 is 1.90 bits per heavy atom. The molecule has 0 radical (unpaired) electrons. The molecule has 1 fully saturated rings. The first-order valence-electron chi connectivity index (χ1n) is 10.3. The fourth-order valence-electron chi connectivity index (χ4n) is 3.99. The van der Waals surface area contributed by atoms with Gasteiger partial charge in [-0.05, 0) is 29.7 Å². The van der Waals surface area contributed by atoms with Crippen LogP contribution in [0.1, 0.15) is 17.0 Å². The van der Waals surface area contributed by atoms with Crippen molar-refractivity contribution in [2.75, 3.05) is 39.8 Å². The van der Waals surface area contributed by atoms with Gasteiger partial charge in [-0.3, -0.25) is 9.89 Å². The minimum atomic E-state index is 0.846. The summed E-state index contributed by atoms with van der Waals surface area (Å²) in [7, 11) is 1.87. The molecule has 1 N–H and O–H groups in total. The molecule has 0 amide bonds. The molecule has 2 aromatic carbocycles. The predicted octanol–water partition coefficient (Wildman–Crippen LogP) is 3.07. The number of aryl methyl sites for hydroxylation is 1. The third-order valence-electron chi connectivity index (χ3n) is 5.50. The molecule has 4 rings (SSSR count). The van der Waals surface area contributed by atoms with Crippen molar-refractivity contribution in [3.05, 3.63) is 65.5 Å². The molecule has 6 heteroatoms. The van der Waals surface area contributed by atoms with Gasteiger partial charge in [-0.1, -0.05) is 47.6 Å². The number of aliphatic imine (C=N–C) groups is 1. The minimum Gasteiger partial charge on any atom is -0.361 e. The quantitative estimate of drug-likeness (QED) is 0.535. The van der Waals surface area contributed by atoms with Crippen LogP contribution in [0.3, 0.4) is 0 Å². The lowest BCUT2D eigenvalue weighted by molar-refractivity contribution is 0.169. The Balaban J connectivity index is 1.27. The first-order valence-corrected chi connectivity index (χ1v) is 10.3. The van der Waals surface area contributed by atoms with Gasteiger partial charge in [-0.2, -0.15) is 0 Å². The van der Waals surface area contributed by atoms with Gasteiger partial charge >= 0.3 is 0 Å². The van der Waals surface area contributed by atoms with Gasteiger partial charge < -0.3 is 14.7 Å². The van der Waals surface area contributed by atoms with Crippen LogP contribution in [0, 0.1) is 6.92 Å². The van der Waals surface area contributed by atoms with Crippen LogP contribution in [0.5, 0.6) is 0 Å². The zero-order chi connectivity index (χ0) is 20.1. The number of benzene rings is 2. The van der Waals surface area contributed by atoms with Crippen LogP contribution in [0.15, 0.2) is 58.0 Å². The second-order valence-corrected chi connectivity index (χ2v) is 7.55. The number of aromatic nitrogens is 1. The van der Waals surface area contributed by atoms with E-state index in [4.69, 9.17) is 4.52 Å². The largest absolute Gasteiger partial charge is 0.361 e. The standard InChI is InChI=1S/C23H29N5O/c1-18-16-21(26-29-18)17-27-12-14-28(15-13-27)23(24-2)25-11-10-20-8-5-7-19-6-3-4-9-22(19)20/h3-9,16H,10-15,17H2,1-2H3,(H,24,25). The van der Waals surface area contributed by atoms with E-state index in [-0.39, 0.29) is 0 Å². The molecule has 1 aliphatic heterocycles. The molecule has 0 bridgehead atoms. The van der Waals surface area contributed by atoms with Gasteiger partial charge in [0.2, 0.25) is 0 Å². The van der Waals surface area contributed by atoms with Crippen LogP contribution >= 0.6 is 0 Å². The molecule has 29 heavy (non-hydrogen) atoms. The van der Waals surface area contributed by atoms with Gasteiger partial charge in [0, 0.05) is 52.4 Å². The fraction of sp³-hybridized carbons (Fsp3) is 0.391. The summed E-state index contributed by atoms with van der Waals surface area (Å²) in [5.74, 6) is 1.86. The van der Waals surface area contributed by atoms with Crippen LogP contribution < -0.4 is 5.32 Å². The topological polar surface area (TPSA) is 56.9 Å². The zero-order valence-corrected chi connectivity index (χ0v) is 17.3. The van der Waals surface area contributed by atoms with Crippen LogP contribution in [-0.2, 0) is 13.0 Å². The number of nitrogens with zero attached hydrogens (tertiary/aromatic N) is 4. The number of hydrogen-bond donors (Lipinski definition) is 1. The normalized spacial score (nSPS) is 15.8. The van der Waals surface area contributed by atoms with Crippen molar-refractivity contribution in [1.82, 2.24) is 20.3 Å². The number of hydrogen-bond acceptors (Lipinski definition) is 4. The molecule has 1 saturated heterocycles. The molecule has 0 aliphatic carbocycles. The van der Waals surface area contributed by atoms with E-state index in [1.54, 1.807) is 0 Å². The number of nitrogens with one attached hydrogen (secondary N) is 1. The van der Waals surface area contributed by atoms with Crippen molar-refractivity contribution < 1.29 is 4.52 Å². The third kappa shape index (κ3) is 4.77. The molecule has 1 aliphatic rings. The van der Waals surface area contributed by atoms with E-state index in [1.165, 1.54) is 16.3 Å². The van der Waals surface area contributed by atoms with Crippen LogP contribution in [0.4, 0.5) is 0 Å². The Morgan fingerprint density at radius 3 is 2.66 bits per heavy atom. The maximum absolute atomic E-state index is 5.17. The molecule has 1 aromatic heterocycles. The monoisotopic (exact) mass is 391 g/mol. The third-order valence-corrected chi connectivity index (χ3v) is 5.50. The van der Waals surface area contributed by atoms with E-state index in [0.717, 1.165) is 63.1 Å². The number of fused-ring (bicyclic) bond motifs is 1. The SMILES string of the molecule is CN=C(NCCc1cccc2ccccc12)N1CCN(Cc2cc(C)on2)CC1. The van der Waals surface area contributed by atoms with E-state index < -0.39 is 0 Å². The molecule has 0 atom stereocenters. The van der Waals surface area contributed by atoms with Crippen LogP contribution in [0.2, 0.25) is 0 Å². The highest BCUT2D eigenvalue weighted by Crippen LogP contribution is 2.18. The summed E-state index contributed by atoms with van der Waals surface area (Å²) in [6.07, 6.45) is 0.978. The second-order valence-electron chi connectivity index (χ2n) is 7.55. The fourth-order valence-corrected chi connectivity index (χ4v) is 3.99.